The maximum absolute atomic E-state index is 14.8. The van der Waals surface area contributed by atoms with Crippen LogP contribution in [-0.4, -0.2) is 45.7 Å². The molecule has 0 spiro atoms. The van der Waals surface area contributed by atoms with Crippen molar-refractivity contribution in [3.8, 4) is 0 Å². The molecule has 0 saturated carbocycles. The number of cyclic esters (lactones) is 1. The number of amides is 1. The molecule has 0 bridgehead atoms. The van der Waals surface area contributed by atoms with Gasteiger partial charge >= 0.3 is 6.09 Å². The minimum atomic E-state index is -1.25. The molecule has 28 heavy (non-hydrogen) atoms. The molecule has 0 unspecified atom stereocenters. The van der Waals surface area contributed by atoms with E-state index in [1.54, 1.807) is 11.8 Å². The number of ether oxygens (including phenoxy) is 1. The van der Waals surface area contributed by atoms with Crippen molar-refractivity contribution in [2.45, 2.75) is 57.5 Å². The lowest BCUT2D eigenvalue weighted by molar-refractivity contribution is -0.119. The Hall–Kier alpha value is -1.96. The van der Waals surface area contributed by atoms with Crippen LogP contribution >= 0.6 is 0 Å². The van der Waals surface area contributed by atoms with E-state index in [9.17, 15) is 18.4 Å². The minimum absolute atomic E-state index is 0.00842. The number of hydrogen-bond acceptors (Lipinski definition) is 4. The normalized spacial score (nSPS) is 21.8. The zero-order valence-electron chi connectivity index (χ0n) is 16.8. The molecule has 1 atom stereocenters. The molecule has 8 heteroatoms. The molecule has 0 aliphatic carbocycles. The molecule has 5 nitrogen and oxygen atoms in total. The van der Waals surface area contributed by atoms with Gasteiger partial charge in [0.05, 0.1) is 20.3 Å². The number of Topliss-reactive ketones (excluding diaryl/α,β-unsaturated/α-hetero) is 1. The summed E-state index contributed by atoms with van der Waals surface area (Å²) in [7, 11) is -1.25. The predicted molar refractivity (Wildman–Crippen MR) is 108 cm³/mol. The standard InChI is InChI=1S/C20H28F2N2O3Si/c1-4-15(25)5-6-16-13-24(20(26)27-16)14-11-17(21)19(18(22)12-14)23-7-9-28(2,3)10-8-23/h11-12,16H,4-10,13H2,1-3H3/t16-/m0/s1. The zero-order valence-corrected chi connectivity index (χ0v) is 17.8. The second-order valence-corrected chi connectivity index (χ2v) is 13.8. The van der Waals surface area contributed by atoms with Crippen LogP contribution in [-0.2, 0) is 9.53 Å². The number of anilines is 2. The molecule has 2 aliphatic rings. The Balaban J connectivity index is 1.72. The molecular weight excluding hydrogens is 382 g/mol. The summed E-state index contributed by atoms with van der Waals surface area (Å²) < 4.78 is 34.8. The van der Waals surface area contributed by atoms with E-state index in [-0.39, 0.29) is 23.7 Å². The second-order valence-electron chi connectivity index (χ2n) is 8.46. The van der Waals surface area contributed by atoms with E-state index in [0.29, 0.717) is 32.4 Å². The molecule has 2 fully saturated rings. The Kier molecular flexibility index (Phi) is 6.07. The van der Waals surface area contributed by atoms with Crippen LogP contribution in [0.1, 0.15) is 26.2 Å². The first kappa shape index (κ1) is 20.8. The van der Waals surface area contributed by atoms with Gasteiger partial charge in [-0.1, -0.05) is 20.0 Å². The summed E-state index contributed by atoms with van der Waals surface area (Å²) in [5, 5.41) is 0. The smallest absolute Gasteiger partial charge is 0.414 e. The van der Waals surface area contributed by atoms with Gasteiger partial charge in [0.15, 0.2) is 11.6 Å². The largest absolute Gasteiger partial charge is 0.444 e. The number of hydrogen-bond donors (Lipinski definition) is 0. The van der Waals surface area contributed by atoms with Crippen molar-refractivity contribution in [3.63, 3.8) is 0 Å². The zero-order chi connectivity index (χ0) is 20.5. The molecule has 2 saturated heterocycles. The number of carbonyl (C=O) groups is 2. The fourth-order valence-corrected chi connectivity index (χ4v) is 5.73. The summed E-state index contributed by atoms with van der Waals surface area (Å²) in [6.07, 6.45) is 0.122. The lowest BCUT2D eigenvalue weighted by Gasteiger charge is -2.37. The van der Waals surface area contributed by atoms with Crippen molar-refractivity contribution in [2.24, 2.45) is 0 Å². The molecule has 154 valence electrons. The third-order valence-corrected chi connectivity index (χ3v) is 8.91. The van der Waals surface area contributed by atoms with E-state index >= 15 is 0 Å². The van der Waals surface area contributed by atoms with Crippen LogP contribution in [0.2, 0.25) is 25.2 Å². The van der Waals surface area contributed by atoms with Gasteiger partial charge in [0, 0.05) is 38.1 Å². The maximum atomic E-state index is 14.8. The van der Waals surface area contributed by atoms with Crippen LogP contribution in [0.15, 0.2) is 12.1 Å². The Morgan fingerprint density at radius 3 is 2.39 bits per heavy atom. The number of rotatable bonds is 6. The average molecular weight is 411 g/mol. The third-order valence-electron chi connectivity index (χ3n) is 5.76. The monoisotopic (exact) mass is 410 g/mol. The van der Waals surface area contributed by atoms with Crippen LogP contribution in [0, 0.1) is 11.6 Å². The maximum Gasteiger partial charge on any atom is 0.414 e. The van der Waals surface area contributed by atoms with E-state index in [1.807, 2.05) is 0 Å². The van der Waals surface area contributed by atoms with Crippen LogP contribution in [0.25, 0.3) is 0 Å². The number of nitrogens with zero attached hydrogens (tertiary/aromatic N) is 2. The van der Waals surface area contributed by atoms with E-state index in [2.05, 4.69) is 13.1 Å². The van der Waals surface area contributed by atoms with Gasteiger partial charge in [-0.15, -0.1) is 0 Å². The molecule has 1 aromatic rings. The lowest BCUT2D eigenvalue weighted by atomic mass is 10.1. The first-order valence-corrected chi connectivity index (χ1v) is 13.4. The SMILES string of the molecule is CCC(=O)CC[C@H]1CN(c2cc(F)c(N3CC[Si](C)(C)CC3)c(F)c2)C(=O)O1. The quantitative estimate of drug-likeness (QED) is 0.644. The van der Waals surface area contributed by atoms with Gasteiger partial charge < -0.3 is 9.64 Å². The summed E-state index contributed by atoms with van der Waals surface area (Å²) in [4.78, 5) is 26.6. The van der Waals surface area contributed by atoms with Gasteiger partial charge in [0.25, 0.3) is 0 Å². The number of halogens is 2. The second kappa shape index (κ2) is 8.19. The molecule has 0 radical (unpaired) electrons. The van der Waals surface area contributed by atoms with Crippen molar-refractivity contribution in [1.82, 2.24) is 0 Å². The van der Waals surface area contributed by atoms with Crippen LogP contribution < -0.4 is 9.80 Å². The highest BCUT2D eigenvalue weighted by molar-refractivity contribution is 6.77. The Bertz CT molecular complexity index is 739. The fraction of sp³-hybridized carbons (Fsp3) is 0.600. The molecule has 0 N–H and O–H groups in total. The van der Waals surface area contributed by atoms with Gasteiger partial charge in [0.1, 0.15) is 17.6 Å². The highest BCUT2D eigenvalue weighted by Crippen LogP contribution is 2.34. The summed E-state index contributed by atoms with van der Waals surface area (Å²) in [6, 6.07) is 4.42. The average Bonchev–Trinajstić information content (AvgIpc) is 3.01. The molecule has 0 aromatic heterocycles. The minimum Gasteiger partial charge on any atom is -0.444 e. The topological polar surface area (TPSA) is 49.9 Å². The Morgan fingerprint density at radius 1 is 1.21 bits per heavy atom. The number of benzene rings is 1. The van der Waals surface area contributed by atoms with Crippen LogP contribution in [0.5, 0.6) is 0 Å². The van der Waals surface area contributed by atoms with E-state index in [1.165, 1.54) is 17.0 Å². The summed E-state index contributed by atoms with van der Waals surface area (Å²) in [6.45, 7) is 7.89. The van der Waals surface area contributed by atoms with E-state index < -0.39 is 31.9 Å². The molecule has 3 rings (SSSR count). The summed E-state index contributed by atoms with van der Waals surface area (Å²) in [5.74, 6) is -1.22. The van der Waals surface area contributed by atoms with E-state index in [0.717, 1.165) is 12.1 Å². The van der Waals surface area contributed by atoms with Crippen LogP contribution in [0.4, 0.5) is 25.0 Å². The summed E-state index contributed by atoms with van der Waals surface area (Å²) in [5.41, 5.74) is 0.144. The van der Waals surface area contributed by atoms with Crippen molar-refractivity contribution < 1.29 is 23.1 Å². The lowest BCUT2D eigenvalue weighted by Crippen LogP contribution is -2.43. The molecule has 1 amide bonds. The van der Waals surface area contributed by atoms with Crippen molar-refractivity contribution in [1.29, 1.82) is 0 Å². The van der Waals surface area contributed by atoms with Crippen LogP contribution in [0.3, 0.4) is 0 Å². The van der Waals surface area contributed by atoms with Crippen molar-refractivity contribution >= 4 is 31.3 Å². The fourth-order valence-electron chi connectivity index (χ4n) is 3.73. The van der Waals surface area contributed by atoms with Gasteiger partial charge in [-0.3, -0.25) is 9.69 Å². The van der Waals surface area contributed by atoms with E-state index in [4.69, 9.17) is 4.74 Å². The van der Waals surface area contributed by atoms with Gasteiger partial charge in [-0.05, 0) is 18.5 Å². The van der Waals surface area contributed by atoms with Crippen molar-refractivity contribution in [2.75, 3.05) is 29.4 Å². The first-order chi connectivity index (χ1) is 13.2. The molecule has 2 heterocycles. The molecular formula is C20H28F2N2O3Si. The molecule has 2 aliphatic heterocycles. The number of carbonyl (C=O) groups excluding carboxylic acids is 2. The highest BCUT2D eigenvalue weighted by Gasteiger charge is 2.34. The van der Waals surface area contributed by atoms with Gasteiger partial charge in [-0.2, -0.15) is 0 Å². The summed E-state index contributed by atoms with van der Waals surface area (Å²) >= 11 is 0. The number of ketones is 1. The molecule has 1 aromatic carbocycles. The predicted octanol–water partition coefficient (Wildman–Crippen LogP) is 4.58. The third kappa shape index (κ3) is 4.53. The first-order valence-electron chi connectivity index (χ1n) is 9.94. The van der Waals surface area contributed by atoms with Gasteiger partial charge in [0.2, 0.25) is 0 Å². The Morgan fingerprint density at radius 2 is 1.82 bits per heavy atom. The highest BCUT2D eigenvalue weighted by atomic mass is 28.3. The van der Waals surface area contributed by atoms with Crippen molar-refractivity contribution in [3.05, 3.63) is 23.8 Å². The van der Waals surface area contributed by atoms with Gasteiger partial charge in [-0.25, -0.2) is 13.6 Å². The Labute approximate surface area is 165 Å².